The van der Waals surface area contributed by atoms with E-state index in [-0.39, 0.29) is 0 Å². The van der Waals surface area contributed by atoms with Crippen LogP contribution in [0.4, 0.5) is 13.2 Å². The molecule has 1 aliphatic carbocycles. The summed E-state index contributed by atoms with van der Waals surface area (Å²) in [5.41, 5.74) is 0. The van der Waals surface area contributed by atoms with Gasteiger partial charge in [-0.05, 0) is 29.4 Å². The Morgan fingerprint density at radius 1 is 1.25 bits per heavy atom. The quantitative estimate of drug-likeness (QED) is 0.696. The van der Waals surface area contributed by atoms with Gasteiger partial charge >= 0.3 is 14.2 Å². The second kappa shape index (κ2) is 6.36. The van der Waals surface area contributed by atoms with E-state index >= 15 is 0 Å². The van der Waals surface area contributed by atoms with E-state index < -0.39 is 20.8 Å². The lowest BCUT2D eigenvalue weighted by Gasteiger charge is -2.16. The molecular weight excluding hydrogens is 240 g/mol. The normalized spacial score (nSPS) is 20.3. The predicted octanol–water partition coefficient (Wildman–Crippen LogP) is 4.40. The van der Waals surface area contributed by atoms with E-state index in [9.17, 15) is 17.7 Å². The Morgan fingerprint density at radius 3 is 2.44 bits per heavy atom. The Morgan fingerprint density at radius 2 is 1.88 bits per heavy atom. The van der Waals surface area contributed by atoms with Gasteiger partial charge in [0.25, 0.3) is 0 Å². The highest BCUT2D eigenvalue weighted by atomic mass is 31.1. The molecule has 1 rings (SSSR count). The van der Waals surface area contributed by atoms with E-state index in [1.165, 1.54) is 12.2 Å². The molecule has 1 saturated carbocycles. The number of hydrogen-bond donors (Lipinski definition) is 0. The van der Waals surface area contributed by atoms with Crippen LogP contribution in [-0.4, -0.2) is 12.8 Å². The molecule has 16 heavy (non-hydrogen) atoms. The number of halogens is 3. The molecule has 1 aliphatic rings. The molecule has 0 bridgehead atoms. The van der Waals surface area contributed by atoms with Crippen molar-refractivity contribution < 1.29 is 22.3 Å². The van der Waals surface area contributed by atoms with Gasteiger partial charge < -0.3 is 0 Å². The first-order chi connectivity index (χ1) is 7.47. The molecule has 6 heteroatoms. The van der Waals surface area contributed by atoms with Crippen LogP contribution in [0.15, 0.2) is 11.9 Å². The van der Waals surface area contributed by atoms with Gasteiger partial charge in [0, 0.05) is 0 Å². The van der Waals surface area contributed by atoms with Crippen LogP contribution < -0.4 is 0 Å². The van der Waals surface area contributed by atoms with Crippen LogP contribution in [0.5, 0.6) is 0 Å². The van der Waals surface area contributed by atoms with Gasteiger partial charge in [-0.25, -0.2) is 0 Å². The molecule has 92 valence electrons. The zero-order valence-corrected chi connectivity index (χ0v) is 9.77. The minimum atomic E-state index is -4.41. The molecule has 0 heterocycles. The summed E-state index contributed by atoms with van der Waals surface area (Å²) < 4.78 is 50.5. The zero-order valence-electron chi connectivity index (χ0n) is 8.87. The topological polar surface area (TPSA) is 26.3 Å². The standard InChI is InChI=1S/C10H15F3O2P/c11-10(12,13)8-15-16(14)7-6-9-4-2-1-3-5-9/h6-7,9H,1-5,8H2/q+1. The van der Waals surface area contributed by atoms with Gasteiger partial charge in [0.15, 0.2) is 12.4 Å². The minimum Gasteiger partial charge on any atom is -0.168 e. The van der Waals surface area contributed by atoms with E-state index in [1.54, 1.807) is 6.08 Å². The number of allylic oxidation sites excluding steroid dienone is 1. The molecular formula is C10H15F3O2P+. The van der Waals surface area contributed by atoms with Gasteiger partial charge in [0.2, 0.25) is 0 Å². The number of alkyl halides is 3. The Kier molecular flexibility index (Phi) is 5.42. The molecule has 0 saturated heterocycles. The van der Waals surface area contributed by atoms with Crippen LogP contribution in [-0.2, 0) is 9.09 Å². The van der Waals surface area contributed by atoms with E-state index in [0.29, 0.717) is 5.92 Å². The van der Waals surface area contributed by atoms with Crippen LogP contribution in [0.1, 0.15) is 32.1 Å². The van der Waals surface area contributed by atoms with Crippen molar-refractivity contribution in [2.45, 2.75) is 38.3 Å². The number of hydrogen-bond acceptors (Lipinski definition) is 2. The van der Waals surface area contributed by atoms with Gasteiger partial charge in [-0.3, -0.25) is 0 Å². The van der Waals surface area contributed by atoms with Gasteiger partial charge in [-0.15, -0.1) is 4.52 Å². The first-order valence-corrected chi connectivity index (χ1v) is 6.56. The minimum absolute atomic E-state index is 0.349. The highest BCUT2D eigenvalue weighted by molar-refractivity contribution is 7.42. The molecule has 0 aliphatic heterocycles. The Hall–Kier alpha value is -0.410. The fourth-order valence-electron chi connectivity index (χ4n) is 1.70. The zero-order chi connectivity index (χ0) is 12.0. The highest BCUT2D eigenvalue weighted by Gasteiger charge is 2.32. The van der Waals surface area contributed by atoms with Crippen LogP contribution in [0, 0.1) is 5.92 Å². The smallest absolute Gasteiger partial charge is 0.168 e. The number of rotatable bonds is 4. The summed E-state index contributed by atoms with van der Waals surface area (Å²) in [5, 5.41) is 0. The molecule has 0 aromatic rings. The lowest BCUT2D eigenvalue weighted by atomic mass is 9.90. The molecule has 0 aromatic heterocycles. The first kappa shape index (κ1) is 13.7. The summed E-state index contributed by atoms with van der Waals surface area (Å²) in [6.07, 6.45) is 2.85. The van der Waals surface area contributed by atoms with Crippen molar-refractivity contribution in [1.82, 2.24) is 0 Å². The van der Waals surface area contributed by atoms with Crippen molar-refractivity contribution in [3.8, 4) is 0 Å². The molecule has 1 unspecified atom stereocenters. The van der Waals surface area contributed by atoms with Crippen molar-refractivity contribution in [2.24, 2.45) is 5.92 Å². The Labute approximate surface area is 93.7 Å². The molecule has 1 atom stereocenters. The van der Waals surface area contributed by atoms with Crippen molar-refractivity contribution in [1.29, 1.82) is 0 Å². The molecule has 0 N–H and O–H groups in total. The highest BCUT2D eigenvalue weighted by Crippen LogP contribution is 2.31. The third-order valence-corrected chi connectivity index (χ3v) is 3.28. The molecule has 0 spiro atoms. The first-order valence-electron chi connectivity index (χ1n) is 5.32. The van der Waals surface area contributed by atoms with Crippen LogP contribution in [0.25, 0.3) is 0 Å². The molecule has 0 aromatic carbocycles. The Bertz CT molecular complexity index is 257. The average Bonchev–Trinajstić information content (AvgIpc) is 2.24. The lowest BCUT2D eigenvalue weighted by molar-refractivity contribution is -0.152. The molecule has 2 nitrogen and oxygen atoms in total. The maximum absolute atomic E-state index is 11.7. The van der Waals surface area contributed by atoms with E-state index in [0.717, 1.165) is 25.7 Å². The molecule has 1 fully saturated rings. The predicted molar refractivity (Wildman–Crippen MR) is 55.3 cm³/mol. The van der Waals surface area contributed by atoms with Gasteiger partial charge in [-0.1, -0.05) is 19.3 Å². The van der Waals surface area contributed by atoms with E-state index in [4.69, 9.17) is 0 Å². The van der Waals surface area contributed by atoms with Gasteiger partial charge in [0.1, 0.15) is 0 Å². The van der Waals surface area contributed by atoms with Crippen molar-refractivity contribution in [3.63, 3.8) is 0 Å². The van der Waals surface area contributed by atoms with Gasteiger partial charge in [-0.2, -0.15) is 13.2 Å². The molecule has 0 amide bonds. The maximum atomic E-state index is 11.7. The summed E-state index contributed by atoms with van der Waals surface area (Å²) in [4.78, 5) is 0. The average molecular weight is 255 g/mol. The second-order valence-corrected chi connectivity index (χ2v) is 5.04. The maximum Gasteiger partial charge on any atom is 0.540 e. The lowest BCUT2D eigenvalue weighted by Crippen LogP contribution is -2.14. The third kappa shape index (κ3) is 6.23. The van der Waals surface area contributed by atoms with Gasteiger partial charge in [0.05, 0.1) is 0 Å². The van der Waals surface area contributed by atoms with Crippen LogP contribution >= 0.6 is 8.03 Å². The van der Waals surface area contributed by atoms with Crippen LogP contribution in [0.3, 0.4) is 0 Å². The summed E-state index contributed by atoms with van der Waals surface area (Å²) in [7, 11) is -2.32. The molecule has 0 radical (unpaired) electrons. The summed E-state index contributed by atoms with van der Waals surface area (Å²) >= 11 is 0. The van der Waals surface area contributed by atoms with E-state index in [1.807, 2.05) is 0 Å². The fraction of sp³-hybridized carbons (Fsp3) is 0.800. The van der Waals surface area contributed by atoms with Crippen molar-refractivity contribution >= 4 is 8.03 Å². The van der Waals surface area contributed by atoms with Crippen molar-refractivity contribution in [3.05, 3.63) is 11.9 Å². The third-order valence-electron chi connectivity index (χ3n) is 2.49. The van der Waals surface area contributed by atoms with Crippen molar-refractivity contribution in [2.75, 3.05) is 6.61 Å². The van der Waals surface area contributed by atoms with Crippen LogP contribution in [0.2, 0.25) is 0 Å². The summed E-state index contributed by atoms with van der Waals surface area (Å²) in [6, 6.07) is 0. The van der Waals surface area contributed by atoms with E-state index in [2.05, 4.69) is 4.52 Å². The SMILES string of the molecule is O=[P+](C=CC1CCCCC1)OCC(F)(F)F. The largest absolute Gasteiger partial charge is 0.540 e. The fourth-order valence-corrected chi connectivity index (χ4v) is 2.44. The summed E-state index contributed by atoms with van der Waals surface area (Å²) in [6.45, 7) is -1.45. The second-order valence-electron chi connectivity index (χ2n) is 3.91. The summed E-state index contributed by atoms with van der Waals surface area (Å²) in [5.74, 6) is 1.61. The monoisotopic (exact) mass is 255 g/mol. The Balaban J connectivity index is 2.24.